The zero-order valence-electron chi connectivity index (χ0n) is 65.1. The summed E-state index contributed by atoms with van der Waals surface area (Å²) in [5, 5.41) is 10.6. The molecule has 0 fully saturated rings. The van der Waals surface area contributed by atoms with Gasteiger partial charge >= 0.3 is 39.5 Å². The number of rotatable bonds is 77. The van der Waals surface area contributed by atoms with Gasteiger partial charge in [0.1, 0.15) is 19.3 Å². The second kappa shape index (κ2) is 69.1. The number of unbranched alkanes of at least 4 members (excludes halogenated alkanes) is 42. The van der Waals surface area contributed by atoms with Gasteiger partial charge in [0.25, 0.3) is 0 Å². The van der Waals surface area contributed by atoms with Crippen molar-refractivity contribution in [1.82, 2.24) is 0 Å². The summed E-state index contributed by atoms with van der Waals surface area (Å²) in [5.74, 6) is 0.944. The highest BCUT2D eigenvalue weighted by atomic mass is 31.2. The van der Waals surface area contributed by atoms with Gasteiger partial charge < -0.3 is 33.8 Å². The van der Waals surface area contributed by atoms with Crippen LogP contribution in [0.5, 0.6) is 0 Å². The van der Waals surface area contributed by atoms with E-state index in [4.69, 9.17) is 37.0 Å². The molecule has 0 amide bonds. The molecule has 0 heterocycles. The maximum atomic E-state index is 13.1. The Labute approximate surface area is 607 Å². The number of esters is 4. The van der Waals surface area contributed by atoms with E-state index in [1.807, 2.05) is 0 Å². The van der Waals surface area contributed by atoms with Crippen LogP contribution >= 0.6 is 15.6 Å². The number of aliphatic hydroxyl groups excluding tert-OH is 1. The average molecular weight is 1450 g/mol. The van der Waals surface area contributed by atoms with E-state index >= 15 is 0 Å². The topological polar surface area (TPSA) is 237 Å². The summed E-state index contributed by atoms with van der Waals surface area (Å²) in [7, 11) is -9.92. The maximum Gasteiger partial charge on any atom is 0.472 e. The van der Waals surface area contributed by atoms with Crippen LogP contribution in [0.2, 0.25) is 0 Å². The summed E-state index contributed by atoms with van der Waals surface area (Å²) in [5.41, 5.74) is 0. The Bertz CT molecular complexity index is 1940. The van der Waals surface area contributed by atoms with Gasteiger partial charge in [-0.15, -0.1) is 0 Å². The summed E-state index contributed by atoms with van der Waals surface area (Å²) in [6.45, 7) is 14.2. The molecule has 0 radical (unpaired) electrons. The average Bonchev–Trinajstić information content (AvgIpc) is 1.00. The van der Waals surface area contributed by atoms with Crippen molar-refractivity contribution in [1.29, 1.82) is 0 Å². The Hall–Kier alpha value is -1.94. The highest BCUT2D eigenvalue weighted by Gasteiger charge is 2.30. The summed E-state index contributed by atoms with van der Waals surface area (Å²) in [6.07, 6.45) is 55.8. The second-order valence-corrected chi connectivity index (χ2v) is 33.4. The molecule has 0 aliphatic rings. The van der Waals surface area contributed by atoms with Gasteiger partial charge in [-0.1, -0.05) is 357 Å². The zero-order chi connectivity index (χ0) is 73.1. The number of ether oxygens (including phenoxy) is 4. The first kappa shape index (κ1) is 97.1. The minimum absolute atomic E-state index is 0.101. The lowest BCUT2D eigenvalue weighted by molar-refractivity contribution is -0.161. The Morgan fingerprint density at radius 1 is 0.283 bits per heavy atom. The van der Waals surface area contributed by atoms with Crippen molar-refractivity contribution < 1.29 is 80.2 Å². The van der Waals surface area contributed by atoms with Crippen molar-refractivity contribution >= 4 is 39.5 Å². The van der Waals surface area contributed by atoms with E-state index in [-0.39, 0.29) is 25.7 Å². The van der Waals surface area contributed by atoms with Crippen LogP contribution in [0.4, 0.5) is 0 Å². The summed E-state index contributed by atoms with van der Waals surface area (Å²) in [6, 6.07) is 0. The van der Waals surface area contributed by atoms with Crippen LogP contribution in [0, 0.1) is 23.7 Å². The number of phosphoric acid groups is 2. The highest BCUT2D eigenvalue weighted by molar-refractivity contribution is 7.47. The largest absolute Gasteiger partial charge is 0.472 e. The predicted octanol–water partition coefficient (Wildman–Crippen LogP) is 23.6. The van der Waals surface area contributed by atoms with E-state index in [1.165, 1.54) is 212 Å². The van der Waals surface area contributed by atoms with E-state index in [0.29, 0.717) is 31.6 Å². The van der Waals surface area contributed by atoms with Crippen LogP contribution in [0.3, 0.4) is 0 Å². The van der Waals surface area contributed by atoms with Crippen LogP contribution in [0.1, 0.15) is 409 Å². The molecule has 0 rings (SSSR count). The van der Waals surface area contributed by atoms with E-state index < -0.39 is 97.5 Å². The minimum Gasteiger partial charge on any atom is -0.462 e. The number of phosphoric ester groups is 2. The van der Waals surface area contributed by atoms with Crippen LogP contribution < -0.4 is 0 Å². The molecule has 0 aliphatic heterocycles. The van der Waals surface area contributed by atoms with Gasteiger partial charge in [0.2, 0.25) is 0 Å². The van der Waals surface area contributed by atoms with Crippen LogP contribution in [0.25, 0.3) is 0 Å². The van der Waals surface area contributed by atoms with Gasteiger partial charge in [-0.3, -0.25) is 37.3 Å². The van der Waals surface area contributed by atoms with E-state index in [2.05, 4.69) is 55.4 Å². The molecule has 0 bridgehead atoms. The van der Waals surface area contributed by atoms with Crippen molar-refractivity contribution in [2.75, 3.05) is 39.6 Å². The third-order valence-corrected chi connectivity index (χ3v) is 20.8. The summed E-state index contributed by atoms with van der Waals surface area (Å²) in [4.78, 5) is 72.9. The molecule has 6 atom stereocenters. The fourth-order valence-corrected chi connectivity index (χ4v) is 13.8. The van der Waals surface area contributed by atoms with Gasteiger partial charge in [-0.05, 0) is 49.4 Å². The zero-order valence-corrected chi connectivity index (χ0v) is 66.9. The monoisotopic (exact) mass is 1450 g/mol. The fourth-order valence-electron chi connectivity index (χ4n) is 12.2. The summed E-state index contributed by atoms with van der Waals surface area (Å²) >= 11 is 0. The normalized spacial score (nSPS) is 14.3. The Balaban J connectivity index is 5.19. The van der Waals surface area contributed by atoms with Crippen molar-refractivity contribution in [3.05, 3.63) is 0 Å². The first-order chi connectivity index (χ1) is 47.6. The molecule has 3 N–H and O–H groups in total. The van der Waals surface area contributed by atoms with Gasteiger partial charge in [0.15, 0.2) is 12.2 Å². The molecule has 0 aliphatic carbocycles. The Morgan fingerprint density at radius 3 is 0.717 bits per heavy atom. The van der Waals surface area contributed by atoms with E-state index in [9.17, 15) is 43.2 Å². The van der Waals surface area contributed by atoms with E-state index in [1.54, 1.807) is 0 Å². The van der Waals surface area contributed by atoms with Gasteiger partial charge in [-0.25, -0.2) is 9.13 Å². The Morgan fingerprint density at radius 2 is 0.485 bits per heavy atom. The molecule has 0 aromatic heterocycles. The van der Waals surface area contributed by atoms with Crippen molar-refractivity contribution in [3.63, 3.8) is 0 Å². The molecule has 0 saturated heterocycles. The van der Waals surface area contributed by atoms with Crippen LogP contribution in [-0.4, -0.2) is 96.7 Å². The molecule has 99 heavy (non-hydrogen) atoms. The molecule has 0 aromatic carbocycles. The predicted molar refractivity (Wildman–Crippen MR) is 404 cm³/mol. The standard InChI is InChI=1S/C80H156O17P2/c1-9-73(8)59-51-43-34-27-23-19-14-12-10-11-13-15-21-25-29-37-46-54-62-79(84)96-75(66-90-77(82)60-52-44-35-28-24-20-17-16-18-22-26-32-40-48-56-70(2)3)68-94-98(86,87)92-64-74(81)65-93-99(88,89)95-69-76(97-80(85)63-55-47-39-38-42-50-58-72(6)7)67-91-78(83)61-53-45-36-31-30-33-41-49-57-71(4)5/h70-76,81H,9-69H2,1-8H3,(H,86,87)(H,88,89)/t73?,74?,75-,76-/m1/s1. The first-order valence-electron chi connectivity index (χ1n) is 41.2. The number of aliphatic hydroxyl groups is 1. The van der Waals surface area contributed by atoms with Crippen molar-refractivity contribution in [2.24, 2.45) is 23.7 Å². The molecular weight excluding hydrogens is 1290 g/mol. The Kier molecular flexibility index (Phi) is 67.8. The SMILES string of the molecule is CCC(C)CCCCCCCCCCCCCCCCCCCCC(=O)O[C@H](COC(=O)CCCCCCCCCCCCCCCCC(C)C)COP(=O)(O)OCC(O)COP(=O)(O)OC[C@@H](COC(=O)CCCCCCCCCCC(C)C)OC(=O)CCCCCCCCC(C)C. The molecule has 0 saturated carbocycles. The first-order valence-corrected chi connectivity index (χ1v) is 44.2. The van der Waals surface area contributed by atoms with Crippen LogP contribution in [-0.2, 0) is 65.4 Å². The third-order valence-electron chi connectivity index (χ3n) is 18.9. The van der Waals surface area contributed by atoms with Crippen LogP contribution in [0.15, 0.2) is 0 Å². The van der Waals surface area contributed by atoms with Gasteiger partial charge in [-0.2, -0.15) is 0 Å². The minimum atomic E-state index is -4.96. The van der Waals surface area contributed by atoms with Crippen molar-refractivity contribution in [3.8, 4) is 0 Å². The van der Waals surface area contributed by atoms with E-state index in [0.717, 1.165) is 108 Å². The molecule has 0 aromatic rings. The molecule has 19 heteroatoms. The number of carbonyl (C=O) groups excluding carboxylic acids is 4. The smallest absolute Gasteiger partial charge is 0.462 e. The van der Waals surface area contributed by atoms with Gasteiger partial charge in [0, 0.05) is 25.7 Å². The number of hydrogen-bond donors (Lipinski definition) is 3. The molecule has 17 nitrogen and oxygen atoms in total. The summed E-state index contributed by atoms with van der Waals surface area (Å²) < 4.78 is 68.6. The quantitative estimate of drug-likeness (QED) is 0.0222. The second-order valence-electron chi connectivity index (χ2n) is 30.5. The molecule has 588 valence electrons. The molecular formula is C80H156O17P2. The molecule has 0 spiro atoms. The maximum absolute atomic E-state index is 13.1. The number of hydrogen-bond acceptors (Lipinski definition) is 15. The molecule has 4 unspecified atom stereocenters. The lowest BCUT2D eigenvalue weighted by Gasteiger charge is -2.21. The van der Waals surface area contributed by atoms with Gasteiger partial charge in [0.05, 0.1) is 26.4 Å². The fraction of sp³-hybridized carbons (Fsp3) is 0.950. The third kappa shape index (κ3) is 72.8. The lowest BCUT2D eigenvalue weighted by Crippen LogP contribution is -2.30. The number of carbonyl (C=O) groups is 4. The lowest BCUT2D eigenvalue weighted by atomic mass is 9.99. The van der Waals surface area contributed by atoms with Crippen molar-refractivity contribution in [2.45, 2.75) is 427 Å². The highest BCUT2D eigenvalue weighted by Crippen LogP contribution is 2.45.